The Labute approximate surface area is 181 Å². The Morgan fingerprint density at radius 1 is 1.19 bits per heavy atom. The highest BCUT2D eigenvalue weighted by Gasteiger charge is 2.43. The van der Waals surface area contributed by atoms with Crippen LogP contribution in [-0.2, 0) is 22.7 Å². The smallest absolute Gasteiger partial charge is 0.237 e. The molecule has 3 heterocycles. The van der Waals surface area contributed by atoms with Crippen molar-refractivity contribution in [3.05, 3.63) is 65.7 Å². The van der Waals surface area contributed by atoms with Gasteiger partial charge in [-0.25, -0.2) is 4.39 Å². The number of aromatic nitrogens is 1. The SMILES string of the molecule is O=C(CCC1CNC(=O)C2CC(NCc3ccc(F)cc3)CN12)NCc1cccnc1. The summed E-state index contributed by atoms with van der Waals surface area (Å²) in [5.74, 6) is -0.184. The van der Waals surface area contributed by atoms with E-state index in [1.54, 1.807) is 24.5 Å². The third-order valence-electron chi connectivity index (χ3n) is 6.05. The van der Waals surface area contributed by atoms with Gasteiger partial charge in [0.05, 0.1) is 6.04 Å². The first-order valence-corrected chi connectivity index (χ1v) is 10.8. The van der Waals surface area contributed by atoms with Crippen LogP contribution in [0, 0.1) is 5.82 Å². The van der Waals surface area contributed by atoms with Crippen molar-refractivity contribution in [3.63, 3.8) is 0 Å². The average Bonchev–Trinajstić information content (AvgIpc) is 3.23. The van der Waals surface area contributed by atoms with E-state index < -0.39 is 0 Å². The van der Waals surface area contributed by atoms with E-state index in [4.69, 9.17) is 0 Å². The van der Waals surface area contributed by atoms with Gasteiger partial charge in [-0.2, -0.15) is 0 Å². The Kier molecular flexibility index (Phi) is 6.89. The predicted octanol–water partition coefficient (Wildman–Crippen LogP) is 1.35. The summed E-state index contributed by atoms with van der Waals surface area (Å²) >= 11 is 0. The number of nitrogens with zero attached hydrogens (tertiary/aromatic N) is 2. The summed E-state index contributed by atoms with van der Waals surface area (Å²) in [6, 6.07) is 10.4. The maximum atomic E-state index is 13.1. The minimum atomic E-state index is -0.245. The Morgan fingerprint density at radius 3 is 2.81 bits per heavy atom. The van der Waals surface area contributed by atoms with Crippen LogP contribution in [0.4, 0.5) is 4.39 Å². The molecule has 2 aliphatic heterocycles. The molecule has 2 amide bonds. The summed E-state index contributed by atoms with van der Waals surface area (Å²) in [4.78, 5) is 30.9. The molecule has 1 aromatic carbocycles. The van der Waals surface area contributed by atoms with E-state index in [-0.39, 0.29) is 35.8 Å². The van der Waals surface area contributed by atoms with Gasteiger partial charge in [0.1, 0.15) is 5.82 Å². The number of carbonyl (C=O) groups excluding carboxylic acids is 2. The molecule has 164 valence electrons. The molecule has 3 atom stereocenters. The van der Waals surface area contributed by atoms with Crippen molar-refractivity contribution in [1.29, 1.82) is 0 Å². The number of rotatable bonds is 8. The van der Waals surface area contributed by atoms with E-state index >= 15 is 0 Å². The molecule has 0 spiro atoms. The first kappa shape index (κ1) is 21.4. The van der Waals surface area contributed by atoms with Gasteiger partial charge in [0.15, 0.2) is 0 Å². The first-order valence-electron chi connectivity index (χ1n) is 10.8. The number of carbonyl (C=O) groups is 2. The lowest BCUT2D eigenvalue weighted by Gasteiger charge is -2.37. The standard InChI is InChI=1S/C23H28FN5O2/c24-18-5-3-16(4-6-18)12-26-19-10-21-23(31)28-14-20(29(21)15-19)7-8-22(30)27-13-17-2-1-9-25-11-17/h1-6,9,11,19-21,26H,7-8,10,12-15H2,(H,27,30)(H,28,31). The lowest BCUT2D eigenvalue weighted by Crippen LogP contribution is -2.58. The Morgan fingerprint density at radius 2 is 2.03 bits per heavy atom. The van der Waals surface area contributed by atoms with Crippen LogP contribution in [0.3, 0.4) is 0 Å². The van der Waals surface area contributed by atoms with Gasteiger partial charge in [-0.05, 0) is 42.2 Å². The molecular formula is C23H28FN5O2. The van der Waals surface area contributed by atoms with Crippen LogP contribution in [0.1, 0.15) is 30.4 Å². The van der Waals surface area contributed by atoms with Gasteiger partial charge in [0, 0.05) is 57.1 Å². The van der Waals surface area contributed by atoms with Crippen LogP contribution < -0.4 is 16.0 Å². The van der Waals surface area contributed by atoms with E-state index in [2.05, 4.69) is 25.8 Å². The van der Waals surface area contributed by atoms with Crippen LogP contribution in [0.25, 0.3) is 0 Å². The normalized spacial score (nSPS) is 23.3. The molecule has 31 heavy (non-hydrogen) atoms. The summed E-state index contributed by atoms with van der Waals surface area (Å²) in [5, 5.41) is 9.42. The highest BCUT2D eigenvalue weighted by Crippen LogP contribution is 2.26. The number of nitrogens with one attached hydrogen (secondary N) is 3. The van der Waals surface area contributed by atoms with Crippen LogP contribution in [0.2, 0.25) is 0 Å². The fourth-order valence-corrected chi connectivity index (χ4v) is 4.35. The lowest BCUT2D eigenvalue weighted by atomic mass is 10.0. The summed E-state index contributed by atoms with van der Waals surface area (Å²) < 4.78 is 13.1. The van der Waals surface area contributed by atoms with Crippen molar-refractivity contribution in [2.24, 2.45) is 0 Å². The second-order valence-electron chi connectivity index (χ2n) is 8.23. The zero-order chi connectivity index (χ0) is 21.6. The van der Waals surface area contributed by atoms with Crippen molar-refractivity contribution in [2.45, 2.75) is 50.5 Å². The van der Waals surface area contributed by atoms with Gasteiger partial charge in [-0.15, -0.1) is 0 Å². The lowest BCUT2D eigenvalue weighted by molar-refractivity contribution is -0.129. The molecule has 2 saturated heterocycles. The molecule has 0 radical (unpaired) electrons. The van der Waals surface area contributed by atoms with Gasteiger partial charge >= 0.3 is 0 Å². The molecule has 2 aromatic rings. The van der Waals surface area contributed by atoms with E-state index in [9.17, 15) is 14.0 Å². The molecule has 1 aromatic heterocycles. The van der Waals surface area contributed by atoms with Crippen molar-refractivity contribution in [2.75, 3.05) is 13.1 Å². The molecule has 3 unspecified atom stereocenters. The number of hydrogen-bond acceptors (Lipinski definition) is 5. The van der Waals surface area contributed by atoms with E-state index in [0.29, 0.717) is 32.5 Å². The highest BCUT2D eigenvalue weighted by molar-refractivity contribution is 5.83. The Balaban J connectivity index is 1.25. The van der Waals surface area contributed by atoms with Gasteiger partial charge in [-0.1, -0.05) is 18.2 Å². The minimum absolute atomic E-state index is 0.00230. The van der Waals surface area contributed by atoms with Crippen molar-refractivity contribution in [3.8, 4) is 0 Å². The second kappa shape index (κ2) is 9.98. The fourth-order valence-electron chi connectivity index (χ4n) is 4.35. The van der Waals surface area contributed by atoms with Gasteiger partial charge < -0.3 is 16.0 Å². The predicted molar refractivity (Wildman–Crippen MR) is 114 cm³/mol. The molecule has 2 fully saturated rings. The summed E-state index contributed by atoms with van der Waals surface area (Å²) in [7, 11) is 0. The zero-order valence-electron chi connectivity index (χ0n) is 17.4. The number of piperazine rings is 1. The van der Waals surface area contributed by atoms with Gasteiger partial charge in [-0.3, -0.25) is 19.5 Å². The van der Waals surface area contributed by atoms with Crippen molar-refractivity contribution < 1.29 is 14.0 Å². The maximum Gasteiger partial charge on any atom is 0.237 e. The monoisotopic (exact) mass is 425 g/mol. The Bertz CT molecular complexity index is 893. The molecular weight excluding hydrogens is 397 g/mol. The van der Waals surface area contributed by atoms with E-state index in [1.807, 2.05) is 12.1 Å². The quantitative estimate of drug-likeness (QED) is 0.595. The topological polar surface area (TPSA) is 86.4 Å². The number of pyridine rings is 1. The van der Waals surface area contributed by atoms with Crippen LogP contribution in [-0.4, -0.2) is 52.9 Å². The Hall–Kier alpha value is -2.84. The molecule has 3 N–H and O–H groups in total. The minimum Gasteiger partial charge on any atom is -0.353 e. The number of hydrogen-bond donors (Lipinski definition) is 3. The molecule has 8 heteroatoms. The molecule has 2 aliphatic rings. The molecule has 7 nitrogen and oxygen atoms in total. The highest BCUT2D eigenvalue weighted by atomic mass is 19.1. The summed E-state index contributed by atoms with van der Waals surface area (Å²) in [6.07, 6.45) is 5.29. The van der Waals surface area contributed by atoms with Crippen molar-refractivity contribution >= 4 is 11.8 Å². The largest absolute Gasteiger partial charge is 0.353 e. The van der Waals surface area contributed by atoms with Crippen LogP contribution in [0.15, 0.2) is 48.8 Å². The number of benzene rings is 1. The van der Waals surface area contributed by atoms with Crippen molar-refractivity contribution in [1.82, 2.24) is 25.8 Å². The molecule has 0 saturated carbocycles. The number of fused-ring (bicyclic) bond motifs is 1. The summed E-state index contributed by atoms with van der Waals surface area (Å²) in [6.45, 7) is 2.43. The maximum absolute atomic E-state index is 13.1. The number of halogens is 1. The average molecular weight is 426 g/mol. The third-order valence-corrected chi connectivity index (χ3v) is 6.05. The first-order chi connectivity index (χ1) is 15.1. The molecule has 4 rings (SSSR count). The van der Waals surface area contributed by atoms with Crippen LogP contribution in [0.5, 0.6) is 0 Å². The third kappa shape index (κ3) is 5.65. The zero-order valence-corrected chi connectivity index (χ0v) is 17.4. The number of amides is 2. The van der Waals surface area contributed by atoms with E-state index in [0.717, 1.165) is 24.1 Å². The second-order valence-corrected chi connectivity index (χ2v) is 8.23. The fraction of sp³-hybridized carbons (Fsp3) is 0.435. The van der Waals surface area contributed by atoms with Gasteiger partial charge in [0.2, 0.25) is 11.8 Å². The van der Waals surface area contributed by atoms with Crippen LogP contribution >= 0.6 is 0 Å². The summed E-state index contributed by atoms with van der Waals surface area (Å²) in [5.41, 5.74) is 1.98. The van der Waals surface area contributed by atoms with E-state index in [1.165, 1.54) is 12.1 Å². The van der Waals surface area contributed by atoms with Gasteiger partial charge in [0.25, 0.3) is 0 Å². The molecule has 0 bridgehead atoms. The molecule has 0 aliphatic carbocycles.